The van der Waals surface area contributed by atoms with Crippen molar-refractivity contribution in [3.05, 3.63) is 74.5 Å². The van der Waals surface area contributed by atoms with E-state index in [1.807, 2.05) is 0 Å². The summed E-state index contributed by atoms with van der Waals surface area (Å²) in [5.41, 5.74) is 2.06. The van der Waals surface area contributed by atoms with Crippen molar-refractivity contribution in [3.63, 3.8) is 0 Å². The molecule has 34 heavy (non-hydrogen) atoms. The number of nitrogens with zero attached hydrogens (tertiary/aromatic N) is 3. The topological polar surface area (TPSA) is 131 Å². The highest BCUT2D eigenvalue weighted by Crippen LogP contribution is 2.38. The first-order chi connectivity index (χ1) is 16.1. The van der Waals surface area contributed by atoms with Gasteiger partial charge in [0.2, 0.25) is 11.6 Å². The molecule has 0 atom stereocenters. The molecule has 1 heterocycles. The van der Waals surface area contributed by atoms with E-state index in [9.17, 15) is 28.1 Å². The van der Waals surface area contributed by atoms with Crippen molar-refractivity contribution >= 4 is 52.1 Å². The molecule has 15 heteroatoms. The molecule has 0 saturated heterocycles. The van der Waals surface area contributed by atoms with Crippen molar-refractivity contribution in [2.24, 2.45) is 0 Å². The van der Waals surface area contributed by atoms with Crippen molar-refractivity contribution < 1.29 is 27.6 Å². The van der Waals surface area contributed by atoms with Crippen LogP contribution in [0, 0.1) is 10.1 Å². The molecule has 1 amide bonds. The smallest absolute Gasteiger partial charge is 0.418 e. The van der Waals surface area contributed by atoms with Gasteiger partial charge in [-0.15, -0.1) is 0 Å². The Labute approximate surface area is 199 Å². The number of anilines is 3. The van der Waals surface area contributed by atoms with Gasteiger partial charge in [0.1, 0.15) is 12.1 Å². The van der Waals surface area contributed by atoms with Crippen LogP contribution in [0.5, 0.6) is 5.75 Å². The molecule has 10 nitrogen and oxygen atoms in total. The summed E-state index contributed by atoms with van der Waals surface area (Å²) in [4.78, 5) is 30.1. The third kappa shape index (κ3) is 6.14. The summed E-state index contributed by atoms with van der Waals surface area (Å²) in [5, 5.41) is 14.4. The van der Waals surface area contributed by atoms with Crippen LogP contribution in [0.1, 0.15) is 5.56 Å². The minimum absolute atomic E-state index is 0.162. The van der Waals surface area contributed by atoms with Gasteiger partial charge in [-0.3, -0.25) is 25.8 Å². The summed E-state index contributed by atoms with van der Waals surface area (Å²) in [5.74, 6) is -1.61. The van der Waals surface area contributed by atoms with E-state index < -0.39 is 52.2 Å². The monoisotopic (exact) mass is 516 g/mol. The molecule has 3 aromatic rings. The second-order valence-electron chi connectivity index (χ2n) is 6.38. The van der Waals surface area contributed by atoms with Crippen LogP contribution in [0.15, 0.2) is 48.8 Å². The van der Waals surface area contributed by atoms with E-state index in [1.54, 1.807) is 0 Å². The summed E-state index contributed by atoms with van der Waals surface area (Å²) in [6.07, 6.45) is -3.85. The van der Waals surface area contributed by atoms with Crippen LogP contribution in [0.2, 0.25) is 10.0 Å². The van der Waals surface area contributed by atoms with E-state index in [-0.39, 0.29) is 10.8 Å². The number of ether oxygens (including phenoxy) is 1. The SMILES string of the molecule is O=C(COc1ccc(Cl)cc1Cl)NNc1ncnc(Nc2ccccc2C(F)(F)F)c1[N+](=O)[O-]. The maximum atomic E-state index is 13.2. The van der Waals surface area contributed by atoms with Gasteiger partial charge in [-0.05, 0) is 30.3 Å². The van der Waals surface area contributed by atoms with E-state index in [2.05, 4.69) is 26.1 Å². The highest BCUT2D eigenvalue weighted by Gasteiger charge is 2.34. The van der Waals surface area contributed by atoms with Gasteiger partial charge >= 0.3 is 11.9 Å². The number of alkyl halides is 3. The maximum absolute atomic E-state index is 13.2. The molecule has 0 radical (unpaired) electrons. The quantitative estimate of drug-likeness (QED) is 0.282. The number of rotatable bonds is 8. The van der Waals surface area contributed by atoms with E-state index in [4.69, 9.17) is 27.9 Å². The van der Waals surface area contributed by atoms with Gasteiger partial charge in [0.05, 0.1) is 21.2 Å². The number of nitro groups is 1. The molecular formula is C19H13Cl2F3N6O4. The second-order valence-corrected chi connectivity index (χ2v) is 7.23. The number of hydrazine groups is 1. The van der Waals surface area contributed by atoms with Gasteiger partial charge in [-0.25, -0.2) is 9.97 Å². The van der Waals surface area contributed by atoms with Crippen molar-refractivity contribution in [1.29, 1.82) is 0 Å². The average molecular weight is 517 g/mol. The first kappa shape index (κ1) is 24.8. The van der Waals surface area contributed by atoms with Gasteiger partial charge in [0.15, 0.2) is 6.61 Å². The van der Waals surface area contributed by atoms with Crippen LogP contribution in [0.25, 0.3) is 0 Å². The molecular weight excluding hydrogens is 504 g/mol. The van der Waals surface area contributed by atoms with Crippen molar-refractivity contribution in [2.45, 2.75) is 6.18 Å². The summed E-state index contributed by atoms with van der Waals surface area (Å²) >= 11 is 11.7. The third-order valence-electron chi connectivity index (χ3n) is 4.06. The van der Waals surface area contributed by atoms with Crippen molar-refractivity contribution in [2.75, 3.05) is 17.3 Å². The molecule has 0 saturated carbocycles. The summed E-state index contributed by atoms with van der Waals surface area (Å²) in [6, 6.07) is 8.72. The molecule has 178 valence electrons. The maximum Gasteiger partial charge on any atom is 0.418 e. The van der Waals surface area contributed by atoms with Crippen molar-refractivity contribution in [1.82, 2.24) is 15.4 Å². The number of aromatic nitrogens is 2. The average Bonchev–Trinajstić information content (AvgIpc) is 2.76. The number of amides is 1. The van der Waals surface area contributed by atoms with E-state index in [0.717, 1.165) is 18.5 Å². The summed E-state index contributed by atoms with van der Waals surface area (Å²) < 4.78 is 45.0. The minimum Gasteiger partial charge on any atom is -0.482 e. The molecule has 1 aromatic heterocycles. The van der Waals surface area contributed by atoms with Gasteiger partial charge in [-0.1, -0.05) is 35.3 Å². The zero-order chi connectivity index (χ0) is 24.9. The fourth-order valence-electron chi connectivity index (χ4n) is 2.60. The second kappa shape index (κ2) is 10.4. The Morgan fingerprint density at radius 2 is 1.82 bits per heavy atom. The van der Waals surface area contributed by atoms with E-state index in [0.29, 0.717) is 5.02 Å². The lowest BCUT2D eigenvalue weighted by Crippen LogP contribution is -2.34. The zero-order valence-corrected chi connectivity index (χ0v) is 18.2. The van der Waals surface area contributed by atoms with Gasteiger partial charge < -0.3 is 10.1 Å². The lowest BCUT2D eigenvalue weighted by Gasteiger charge is -2.15. The Balaban J connectivity index is 1.74. The Morgan fingerprint density at radius 1 is 1.12 bits per heavy atom. The summed E-state index contributed by atoms with van der Waals surface area (Å²) in [7, 11) is 0. The van der Waals surface area contributed by atoms with Crippen LogP contribution >= 0.6 is 23.2 Å². The standard InChI is InChI=1S/C19H13Cl2F3N6O4/c20-10-5-6-14(12(21)7-10)34-8-15(31)28-29-18-16(30(32)33)17(25-9-26-18)27-13-4-2-1-3-11(13)19(22,23)24/h1-7,9H,8H2,(H,28,31)(H2,25,26,27,29). The largest absolute Gasteiger partial charge is 0.482 e. The predicted octanol–water partition coefficient (Wildman–Crippen LogP) is 4.98. The normalized spacial score (nSPS) is 11.0. The number of para-hydroxylation sites is 1. The highest BCUT2D eigenvalue weighted by atomic mass is 35.5. The van der Waals surface area contributed by atoms with Gasteiger partial charge in [-0.2, -0.15) is 13.2 Å². The first-order valence-corrected chi connectivity index (χ1v) is 9.87. The molecule has 0 aliphatic carbocycles. The number of benzene rings is 2. The molecule has 0 spiro atoms. The van der Waals surface area contributed by atoms with Crippen molar-refractivity contribution in [3.8, 4) is 5.75 Å². The van der Waals surface area contributed by atoms with Crippen LogP contribution < -0.4 is 20.9 Å². The van der Waals surface area contributed by atoms with E-state index >= 15 is 0 Å². The highest BCUT2D eigenvalue weighted by molar-refractivity contribution is 6.35. The van der Waals surface area contributed by atoms with Crippen LogP contribution in [-0.2, 0) is 11.0 Å². The van der Waals surface area contributed by atoms with Gasteiger partial charge in [0.25, 0.3) is 5.91 Å². The molecule has 3 rings (SSSR count). The molecule has 0 bridgehead atoms. The van der Waals surface area contributed by atoms with Crippen LogP contribution in [0.4, 0.5) is 36.2 Å². The molecule has 2 aromatic carbocycles. The third-order valence-corrected chi connectivity index (χ3v) is 4.59. The van der Waals surface area contributed by atoms with Crippen LogP contribution in [-0.4, -0.2) is 27.4 Å². The Kier molecular flexibility index (Phi) is 7.58. The minimum atomic E-state index is -4.71. The number of carbonyl (C=O) groups excluding carboxylic acids is 1. The van der Waals surface area contributed by atoms with E-state index in [1.165, 1.54) is 30.3 Å². The molecule has 0 fully saturated rings. The first-order valence-electron chi connectivity index (χ1n) is 9.11. The Hall–Kier alpha value is -3.84. The summed E-state index contributed by atoms with van der Waals surface area (Å²) in [6.45, 7) is -0.530. The lowest BCUT2D eigenvalue weighted by molar-refractivity contribution is -0.383. The van der Waals surface area contributed by atoms with Gasteiger partial charge in [0, 0.05) is 5.02 Å². The Bertz CT molecular complexity index is 1230. The molecule has 0 aliphatic heterocycles. The predicted molar refractivity (Wildman–Crippen MR) is 117 cm³/mol. The molecule has 3 N–H and O–H groups in total. The number of carbonyl (C=O) groups is 1. The fraction of sp³-hybridized carbons (Fsp3) is 0.105. The number of hydrogen-bond acceptors (Lipinski definition) is 8. The van der Waals surface area contributed by atoms with Crippen LogP contribution in [0.3, 0.4) is 0 Å². The number of halogens is 5. The zero-order valence-electron chi connectivity index (χ0n) is 16.7. The molecule has 0 unspecified atom stereocenters. The number of hydrogen-bond donors (Lipinski definition) is 3. The Morgan fingerprint density at radius 3 is 2.50 bits per heavy atom. The lowest BCUT2D eigenvalue weighted by atomic mass is 10.1. The number of nitrogens with one attached hydrogen (secondary N) is 3. The molecule has 0 aliphatic rings. The fourth-order valence-corrected chi connectivity index (χ4v) is 3.07.